The van der Waals surface area contributed by atoms with E-state index in [1.807, 2.05) is 54.6 Å². The van der Waals surface area contributed by atoms with Gasteiger partial charge in [0.05, 0.1) is 12.5 Å². The maximum atomic E-state index is 13.4. The first kappa shape index (κ1) is 26.2. The number of rotatable bonds is 3. The van der Waals surface area contributed by atoms with Gasteiger partial charge in [0.15, 0.2) is 5.69 Å². The number of carbonyl (C=O) groups is 3. The summed E-state index contributed by atoms with van der Waals surface area (Å²) < 4.78 is 11.1. The van der Waals surface area contributed by atoms with Crippen LogP contribution in [0.1, 0.15) is 39.7 Å². The third-order valence-electron chi connectivity index (χ3n) is 7.13. The molecule has 0 aliphatic carbocycles. The van der Waals surface area contributed by atoms with Gasteiger partial charge in [0.2, 0.25) is 11.8 Å². The molecule has 0 spiro atoms. The van der Waals surface area contributed by atoms with Gasteiger partial charge in [-0.1, -0.05) is 47.6 Å². The van der Waals surface area contributed by atoms with Crippen molar-refractivity contribution in [1.82, 2.24) is 20.3 Å². The van der Waals surface area contributed by atoms with Crippen molar-refractivity contribution in [2.24, 2.45) is 5.92 Å². The number of aromatic nitrogens is 1. The molecule has 1 saturated heterocycles. The Morgan fingerprint density at radius 2 is 1.82 bits per heavy atom. The van der Waals surface area contributed by atoms with Crippen LogP contribution >= 0.6 is 0 Å². The molecule has 3 amide bonds. The third-order valence-corrected chi connectivity index (χ3v) is 7.13. The van der Waals surface area contributed by atoms with Crippen LogP contribution in [0.3, 0.4) is 0 Å². The number of nitrogens with one attached hydrogen (secondary N) is 1. The van der Waals surface area contributed by atoms with E-state index in [0.29, 0.717) is 50.7 Å². The Bertz CT molecular complexity index is 1350. The van der Waals surface area contributed by atoms with Crippen LogP contribution in [0, 0.1) is 12.8 Å². The molecular weight excluding hydrogens is 496 g/mol. The number of nitrogens with zero attached hydrogens (tertiary/aromatic N) is 3. The summed E-state index contributed by atoms with van der Waals surface area (Å²) in [6.07, 6.45) is 4.00. The molecule has 1 fully saturated rings. The standard InChI is InChI=1S/C30H32N4O5/c1-21-17-27(32-39-21)30(37)34-19-25-23-9-5-10-24(18-23)38-16-6-14-33(15-13-31-29(36)26(25)20-34)28(35)12-11-22-7-3-2-4-8-22/h2-5,7-12,17-18,25-26H,6,13-16,19-20H2,1H3,(H,31,36)/t25-,26+/m1/s1. The SMILES string of the molecule is Cc1cc(C(=O)N2C[C@@H]3C(=O)NCCN(C(=O)C=Cc4ccccc4)CCCOc4cccc(c4)[C@H]3C2)no1. The number of amides is 3. The molecule has 202 valence electrons. The number of hydrogen-bond donors (Lipinski definition) is 1. The summed E-state index contributed by atoms with van der Waals surface area (Å²) in [4.78, 5) is 42.9. The van der Waals surface area contributed by atoms with Crippen molar-refractivity contribution in [3.8, 4) is 5.75 Å². The van der Waals surface area contributed by atoms with Crippen molar-refractivity contribution in [2.75, 3.05) is 39.3 Å². The number of ether oxygens (including phenoxy) is 1. The largest absolute Gasteiger partial charge is 0.494 e. The van der Waals surface area contributed by atoms with Crippen LogP contribution < -0.4 is 10.1 Å². The zero-order valence-electron chi connectivity index (χ0n) is 21.9. The number of carbonyl (C=O) groups excluding carboxylic acids is 3. The number of hydrogen-bond acceptors (Lipinski definition) is 6. The fourth-order valence-corrected chi connectivity index (χ4v) is 5.10. The van der Waals surface area contributed by atoms with Crippen LogP contribution in [-0.4, -0.2) is 72.0 Å². The van der Waals surface area contributed by atoms with Gasteiger partial charge >= 0.3 is 0 Å². The lowest BCUT2D eigenvalue weighted by Gasteiger charge is -2.24. The topological polar surface area (TPSA) is 105 Å². The summed E-state index contributed by atoms with van der Waals surface area (Å²) in [5.41, 5.74) is 2.11. The summed E-state index contributed by atoms with van der Waals surface area (Å²) >= 11 is 0. The van der Waals surface area contributed by atoms with Gasteiger partial charge in [0.25, 0.3) is 5.91 Å². The van der Waals surface area contributed by atoms with E-state index in [1.165, 1.54) is 0 Å². The van der Waals surface area contributed by atoms with Gasteiger partial charge in [-0.2, -0.15) is 0 Å². The maximum absolute atomic E-state index is 13.4. The van der Waals surface area contributed by atoms with Crippen molar-refractivity contribution in [3.63, 3.8) is 0 Å². The smallest absolute Gasteiger partial charge is 0.276 e. The van der Waals surface area contributed by atoms with Crippen molar-refractivity contribution >= 4 is 23.8 Å². The molecular formula is C30H32N4O5. The molecule has 39 heavy (non-hydrogen) atoms. The maximum Gasteiger partial charge on any atom is 0.276 e. The Kier molecular flexibility index (Phi) is 8.05. The first-order valence-corrected chi connectivity index (χ1v) is 13.2. The molecule has 2 atom stereocenters. The highest BCUT2D eigenvalue weighted by atomic mass is 16.5. The molecule has 1 N–H and O–H groups in total. The highest BCUT2D eigenvalue weighted by Gasteiger charge is 2.41. The van der Waals surface area contributed by atoms with Gasteiger partial charge in [-0.25, -0.2) is 0 Å². The normalized spacial score (nSPS) is 20.2. The van der Waals surface area contributed by atoms with Crippen molar-refractivity contribution < 1.29 is 23.6 Å². The predicted octanol–water partition coefficient (Wildman–Crippen LogP) is 3.28. The Morgan fingerprint density at radius 3 is 2.62 bits per heavy atom. The van der Waals surface area contributed by atoms with Crippen molar-refractivity contribution in [3.05, 3.63) is 89.3 Å². The van der Waals surface area contributed by atoms with Gasteiger partial charge in [-0.05, 0) is 42.7 Å². The van der Waals surface area contributed by atoms with E-state index in [9.17, 15) is 14.4 Å². The summed E-state index contributed by atoms with van der Waals surface area (Å²) in [5, 5.41) is 6.88. The van der Waals surface area contributed by atoms with E-state index in [0.717, 1.165) is 11.1 Å². The minimum absolute atomic E-state index is 0.124. The fraction of sp³-hybridized carbons (Fsp3) is 0.333. The molecule has 0 unspecified atom stereocenters. The molecule has 2 aliphatic heterocycles. The second kappa shape index (κ2) is 12.0. The summed E-state index contributed by atoms with van der Waals surface area (Å²) in [5.74, 6) is 0.0449. The van der Waals surface area contributed by atoms with Gasteiger partial charge in [0, 0.05) is 50.8 Å². The average Bonchev–Trinajstić information content (AvgIpc) is 3.60. The van der Waals surface area contributed by atoms with Crippen LogP contribution in [0.2, 0.25) is 0 Å². The molecule has 0 radical (unpaired) electrons. The predicted molar refractivity (Wildman–Crippen MR) is 145 cm³/mol. The second-order valence-electron chi connectivity index (χ2n) is 9.88. The lowest BCUT2D eigenvalue weighted by Crippen LogP contribution is -2.42. The van der Waals surface area contributed by atoms with Gasteiger partial charge in [0.1, 0.15) is 11.5 Å². The first-order valence-electron chi connectivity index (χ1n) is 13.2. The molecule has 5 rings (SSSR count). The van der Waals surface area contributed by atoms with Crippen LogP contribution in [-0.2, 0) is 9.59 Å². The van der Waals surface area contributed by atoms with Crippen LogP contribution in [0.25, 0.3) is 6.08 Å². The Morgan fingerprint density at radius 1 is 1.00 bits per heavy atom. The fourth-order valence-electron chi connectivity index (χ4n) is 5.10. The van der Waals surface area contributed by atoms with E-state index in [-0.39, 0.29) is 35.9 Å². The molecule has 2 aliphatic rings. The minimum Gasteiger partial charge on any atom is -0.494 e. The van der Waals surface area contributed by atoms with Gasteiger partial charge < -0.3 is 24.4 Å². The van der Waals surface area contributed by atoms with E-state index >= 15 is 0 Å². The summed E-state index contributed by atoms with van der Waals surface area (Å²) in [6.45, 7) is 4.00. The number of benzene rings is 2. The second-order valence-corrected chi connectivity index (χ2v) is 9.88. The summed E-state index contributed by atoms with van der Waals surface area (Å²) in [6, 6.07) is 18.9. The molecule has 9 nitrogen and oxygen atoms in total. The van der Waals surface area contributed by atoms with Crippen LogP contribution in [0.4, 0.5) is 0 Å². The molecule has 0 saturated carbocycles. The lowest BCUT2D eigenvalue weighted by atomic mass is 9.88. The highest BCUT2D eigenvalue weighted by Crippen LogP contribution is 2.35. The van der Waals surface area contributed by atoms with Crippen molar-refractivity contribution in [2.45, 2.75) is 19.3 Å². The van der Waals surface area contributed by atoms with Gasteiger partial charge in [-0.3, -0.25) is 14.4 Å². The van der Waals surface area contributed by atoms with Gasteiger partial charge in [-0.15, -0.1) is 0 Å². The zero-order valence-corrected chi connectivity index (χ0v) is 21.9. The first-order chi connectivity index (χ1) is 19.0. The summed E-state index contributed by atoms with van der Waals surface area (Å²) in [7, 11) is 0. The molecule has 2 bridgehead atoms. The zero-order chi connectivity index (χ0) is 27.2. The lowest BCUT2D eigenvalue weighted by molar-refractivity contribution is -0.128. The van der Waals surface area contributed by atoms with Crippen molar-refractivity contribution in [1.29, 1.82) is 0 Å². The molecule has 3 heterocycles. The Hall–Kier alpha value is -4.40. The molecule has 9 heteroatoms. The quantitative estimate of drug-likeness (QED) is 0.523. The van der Waals surface area contributed by atoms with E-state index in [4.69, 9.17) is 9.26 Å². The van der Waals surface area contributed by atoms with E-state index in [2.05, 4.69) is 10.5 Å². The van der Waals surface area contributed by atoms with E-state index in [1.54, 1.807) is 34.9 Å². The molecule has 3 aromatic rings. The van der Waals surface area contributed by atoms with E-state index < -0.39 is 5.92 Å². The monoisotopic (exact) mass is 528 g/mol. The third kappa shape index (κ3) is 6.37. The Labute approximate surface area is 227 Å². The molecule has 2 aromatic carbocycles. The number of likely N-dealkylation sites (tertiary alicyclic amines) is 1. The van der Waals surface area contributed by atoms with Crippen LogP contribution in [0.15, 0.2) is 71.3 Å². The minimum atomic E-state index is -0.456. The Balaban J connectivity index is 1.33. The molecule has 1 aromatic heterocycles. The van der Waals surface area contributed by atoms with Crippen LogP contribution in [0.5, 0.6) is 5.75 Å². The highest BCUT2D eigenvalue weighted by molar-refractivity contribution is 5.94. The number of aryl methyl sites for hydroxylation is 1. The average molecular weight is 529 g/mol. The number of fused-ring (bicyclic) bond motifs is 4.